The van der Waals surface area contributed by atoms with Gasteiger partial charge in [0.05, 0.1) is 11.1 Å². The molecule has 0 unspecified atom stereocenters. The highest BCUT2D eigenvalue weighted by Gasteiger charge is 2.28. The topological polar surface area (TPSA) is 72.2 Å². The molecule has 1 aliphatic rings. The lowest BCUT2D eigenvalue weighted by Crippen LogP contribution is -2.12. The summed E-state index contributed by atoms with van der Waals surface area (Å²) in [5.74, 6) is 1.88. The molecule has 0 atom stereocenters. The van der Waals surface area contributed by atoms with Gasteiger partial charge in [-0.15, -0.1) is 0 Å². The van der Waals surface area contributed by atoms with Crippen LogP contribution < -0.4 is 4.72 Å². The third kappa shape index (κ3) is 3.72. The molecule has 3 aromatic rings. The molecule has 1 aromatic heterocycles. The molecule has 26 heavy (non-hydrogen) atoms. The monoisotopic (exact) mass is 408 g/mol. The van der Waals surface area contributed by atoms with Crippen LogP contribution in [-0.4, -0.2) is 13.4 Å². The zero-order valence-corrected chi connectivity index (χ0v) is 15.8. The van der Waals surface area contributed by atoms with E-state index in [1.807, 2.05) is 0 Å². The van der Waals surface area contributed by atoms with Crippen molar-refractivity contribution in [1.82, 2.24) is 4.98 Å². The van der Waals surface area contributed by atoms with Crippen molar-refractivity contribution in [3.8, 4) is 11.3 Å². The maximum absolute atomic E-state index is 12.5. The Balaban J connectivity index is 1.54. The average molecular weight is 409 g/mol. The molecular formula is C18H14Cl2N2O3S. The van der Waals surface area contributed by atoms with Crippen LogP contribution in [-0.2, 0) is 10.0 Å². The van der Waals surface area contributed by atoms with E-state index in [1.165, 1.54) is 18.2 Å². The Morgan fingerprint density at radius 2 is 1.69 bits per heavy atom. The highest BCUT2D eigenvalue weighted by atomic mass is 35.5. The van der Waals surface area contributed by atoms with Crippen molar-refractivity contribution in [2.24, 2.45) is 0 Å². The molecule has 1 N–H and O–H groups in total. The van der Waals surface area contributed by atoms with E-state index in [4.69, 9.17) is 27.6 Å². The number of hydrogen-bond acceptors (Lipinski definition) is 4. The lowest BCUT2D eigenvalue weighted by molar-refractivity contribution is 0.509. The van der Waals surface area contributed by atoms with Crippen molar-refractivity contribution in [3.05, 3.63) is 64.6 Å². The van der Waals surface area contributed by atoms with Gasteiger partial charge >= 0.3 is 0 Å². The van der Waals surface area contributed by atoms with E-state index in [0.717, 1.165) is 24.3 Å². The average Bonchev–Trinajstić information content (AvgIpc) is 3.32. The summed E-state index contributed by atoms with van der Waals surface area (Å²) in [4.78, 5) is 4.29. The van der Waals surface area contributed by atoms with Gasteiger partial charge in [0.1, 0.15) is 0 Å². The maximum Gasteiger partial charge on any atom is 0.261 e. The fourth-order valence-electron chi connectivity index (χ4n) is 2.54. The first kappa shape index (κ1) is 17.4. The van der Waals surface area contributed by atoms with E-state index in [2.05, 4.69) is 9.71 Å². The Bertz CT molecular complexity index is 1040. The summed E-state index contributed by atoms with van der Waals surface area (Å²) in [7, 11) is -3.79. The predicted octanol–water partition coefficient (Wildman–Crippen LogP) is 5.33. The third-order valence-corrected chi connectivity index (χ3v) is 5.82. The Kier molecular flexibility index (Phi) is 4.42. The van der Waals surface area contributed by atoms with Gasteiger partial charge in [0.2, 0.25) is 0 Å². The summed E-state index contributed by atoms with van der Waals surface area (Å²) in [6.07, 6.45) is 3.93. The number of hydrogen-bond donors (Lipinski definition) is 1. The first-order valence-electron chi connectivity index (χ1n) is 7.96. The predicted molar refractivity (Wildman–Crippen MR) is 101 cm³/mol. The first-order valence-corrected chi connectivity index (χ1v) is 10.2. The minimum absolute atomic E-state index is 0.00314. The SMILES string of the molecule is O=S(=O)(Nc1ccc(-c2cnc(C3CC3)o2)cc1)c1cc(Cl)cc(Cl)c1. The summed E-state index contributed by atoms with van der Waals surface area (Å²) in [6, 6.07) is 11.1. The van der Waals surface area contributed by atoms with E-state index in [-0.39, 0.29) is 14.9 Å². The van der Waals surface area contributed by atoms with Gasteiger partial charge in [0, 0.05) is 27.2 Å². The fraction of sp³-hybridized carbons (Fsp3) is 0.167. The molecule has 1 fully saturated rings. The number of sulfonamides is 1. The number of anilines is 1. The highest BCUT2D eigenvalue weighted by molar-refractivity contribution is 7.92. The highest BCUT2D eigenvalue weighted by Crippen LogP contribution is 2.40. The number of nitrogens with one attached hydrogen (secondary N) is 1. The van der Waals surface area contributed by atoms with Crippen LogP contribution in [0.5, 0.6) is 0 Å². The second-order valence-corrected chi connectivity index (χ2v) is 8.68. The van der Waals surface area contributed by atoms with Gasteiger partial charge in [0.25, 0.3) is 10.0 Å². The van der Waals surface area contributed by atoms with Crippen LogP contribution in [0.2, 0.25) is 10.0 Å². The Morgan fingerprint density at radius 3 is 2.31 bits per heavy atom. The van der Waals surface area contributed by atoms with Crippen molar-refractivity contribution in [1.29, 1.82) is 0 Å². The number of oxazole rings is 1. The standard InChI is InChI=1S/C18H14Cl2N2O3S/c19-13-7-14(20)9-16(8-13)26(23,24)22-15-5-3-11(4-6-15)17-10-21-18(25-17)12-1-2-12/h3-10,12,22H,1-2H2. The van der Waals surface area contributed by atoms with Crippen LogP contribution in [0.25, 0.3) is 11.3 Å². The molecule has 0 aliphatic heterocycles. The van der Waals surface area contributed by atoms with E-state index in [9.17, 15) is 8.42 Å². The van der Waals surface area contributed by atoms with Gasteiger partial charge in [-0.3, -0.25) is 4.72 Å². The molecule has 2 aromatic carbocycles. The molecule has 0 amide bonds. The van der Waals surface area contributed by atoms with Crippen LogP contribution in [0, 0.1) is 0 Å². The molecule has 1 aliphatic carbocycles. The van der Waals surface area contributed by atoms with E-state index >= 15 is 0 Å². The number of nitrogens with zero attached hydrogens (tertiary/aromatic N) is 1. The van der Waals surface area contributed by atoms with Crippen LogP contribution in [0.15, 0.2) is 58.0 Å². The van der Waals surface area contributed by atoms with Crippen molar-refractivity contribution >= 4 is 38.9 Å². The zero-order chi connectivity index (χ0) is 18.3. The van der Waals surface area contributed by atoms with E-state index in [0.29, 0.717) is 17.4 Å². The zero-order valence-electron chi connectivity index (χ0n) is 13.4. The molecule has 8 heteroatoms. The molecule has 4 rings (SSSR count). The molecule has 1 heterocycles. The number of rotatable bonds is 5. The van der Waals surface area contributed by atoms with Gasteiger partial charge in [-0.25, -0.2) is 13.4 Å². The summed E-state index contributed by atoms with van der Waals surface area (Å²) in [6.45, 7) is 0. The van der Waals surface area contributed by atoms with Crippen molar-refractivity contribution in [3.63, 3.8) is 0 Å². The summed E-state index contributed by atoms with van der Waals surface area (Å²) < 4.78 is 33.2. The summed E-state index contributed by atoms with van der Waals surface area (Å²) in [5.41, 5.74) is 1.25. The molecule has 0 bridgehead atoms. The van der Waals surface area contributed by atoms with Crippen molar-refractivity contribution < 1.29 is 12.8 Å². The Morgan fingerprint density at radius 1 is 1.04 bits per heavy atom. The largest absolute Gasteiger partial charge is 0.440 e. The van der Waals surface area contributed by atoms with E-state index in [1.54, 1.807) is 30.5 Å². The van der Waals surface area contributed by atoms with Gasteiger partial charge < -0.3 is 4.42 Å². The second-order valence-electron chi connectivity index (χ2n) is 6.13. The molecule has 0 spiro atoms. The Hall–Kier alpha value is -2.02. The lowest BCUT2D eigenvalue weighted by Gasteiger charge is -2.09. The van der Waals surface area contributed by atoms with Crippen LogP contribution >= 0.6 is 23.2 Å². The maximum atomic E-state index is 12.5. The summed E-state index contributed by atoms with van der Waals surface area (Å²) in [5, 5.41) is 0.509. The van der Waals surface area contributed by atoms with Gasteiger partial charge in [-0.2, -0.15) is 0 Å². The molecule has 1 saturated carbocycles. The minimum atomic E-state index is -3.79. The third-order valence-electron chi connectivity index (χ3n) is 4.02. The molecular weight excluding hydrogens is 395 g/mol. The Labute approximate surface area is 161 Å². The molecule has 134 valence electrons. The molecule has 5 nitrogen and oxygen atoms in total. The normalized spacial score (nSPS) is 14.4. The lowest BCUT2D eigenvalue weighted by atomic mass is 10.2. The first-order chi connectivity index (χ1) is 12.4. The number of benzene rings is 2. The molecule has 0 radical (unpaired) electrons. The van der Waals surface area contributed by atoms with Crippen LogP contribution in [0.3, 0.4) is 0 Å². The number of aromatic nitrogens is 1. The van der Waals surface area contributed by atoms with Crippen LogP contribution in [0.4, 0.5) is 5.69 Å². The fourth-order valence-corrected chi connectivity index (χ4v) is 4.32. The van der Waals surface area contributed by atoms with Crippen molar-refractivity contribution in [2.75, 3.05) is 4.72 Å². The van der Waals surface area contributed by atoms with Gasteiger partial charge in [0.15, 0.2) is 11.7 Å². The number of halogens is 2. The second kappa shape index (κ2) is 6.61. The minimum Gasteiger partial charge on any atom is -0.440 e. The smallest absolute Gasteiger partial charge is 0.261 e. The van der Waals surface area contributed by atoms with E-state index < -0.39 is 10.0 Å². The van der Waals surface area contributed by atoms with Crippen LogP contribution in [0.1, 0.15) is 24.7 Å². The summed E-state index contributed by atoms with van der Waals surface area (Å²) >= 11 is 11.8. The quantitative estimate of drug-likeness (QED) is 0.619. The van der Waals surface area contributed by atoms with Gasteiger partial charge in [-0.1, -0.05) is 23.2 Å². The molecule has 0 saturated heterocycles. The van der Waals surface area contributed by atoms with Crippen molar-refractivity contribution in [2.45, 2.75) is 23.7 Å². The van der Waals surface area contributed by atoms with Gasteiger partial charge in [-0.05, 0) is 55.3 Å².